The molecular weight excluding hydrogens is 238 g/mol. The molecule has 0 spiro atoms. The predicted octanol–water partition coefficient (Wildman–Crippen LogP) is 4.32. The highest BCUT2D eigenvalue weighted by Gasteiger charge is 2.22. The van der Waals surface area contributed by atoms with E-state index in [0.717, 1.165) is 12.1 Å². The zero-order chi connectivity index (χ0) is 14.1. The third kappa shape index (κ3) is 4.51. The van der Waals surface area contributed by atoms with E-state index < -0.39 is 22.8 Å². The third-order valence-electron chi connectivity index (χ3n) is 1.82. The first kappa shape index (κ1) is 14.7. The van der Waals surface area contributed by atoms with Crippen LogP contribution in [0.5, 0.6) is 11.5 Å². The molecule has 2 nitrogen and oxygen atoms in total. The first-order chi connectivity index (χ1) is 7.98. The van der Waals surface area contributed by atoms with Gasteiger partial charge in [0.1, 0.15) is 11.2 Å². The van der Waals surface area contributed by atoms with Gasteiger partial charge in [-0.2, -0.15) is 0 Å². The van der Waals surface area contributed by atoms with E-state index in [-0.39, 0.29) is 11.5 Å². The van der Waals surface area contributed by atoms with Crippen LogP contribution in [0.3, 0.4) is 0 Å². The van der Waals surface area contributed by atoms with Crippen LogP contribution in [0.15, 0.2) is 12.1 Å². The molecule has 0 bridgehead atoms. The van der Waals surface area contributed by atoms with Crippen molar-refractivity contribution < 1.29 is 18.3 Å². The lowest BCUT2D eigenvalue weighted by atomic mass is 10.1. The molecule has 0 aliphatic heterocycles. The fourth-order valence-corrected chi connectivity index (χ4v) is 1.33. The summed E-state index contributed by atoms with van der Waals surface area (Å²) in [5.74, 6) is -1.49. The molecule has 0 fully saturated rings. The maximum absolute atomic E-state index is 13.3. The second kappa shape index (κ2) is 4.75. The smallest absolute Gasteiger partial charge is 0.165 e. The van der Waals surface area contributed by atoms with Crippen molar-refractivity contribution in [2.45, 2.75) is 52.7 Å². The average molecular weight is 258 g/mol. The zero-order valence-corrected chi connectivity index (χ0v) is 11.7. The molecule has 0 atom stereocenters. The van der Waals surface area contributed by atoms with E-state index in [2.05, 4.69) is 0 Å². The average Bonchev–Trinajstić information content (AvgIpc) is 2.08. The number of ether oxygens (including phenoxy) is 2. The van der Waals surface area contributed by atoms with Crippen LogP contribution < -0.4 is 9.47 Å². The Morgan fingerprint density at radius 1 is 0.722 bits per heavy atom. The Morgan fingerprint density at radius 2 is 1.00 bits per heavy atom. The summed E-state index contributed by atoms with van der Waals surface area (Å²) in [5, 5.41) is 0. The number of rotatable bonds is 2. The summed E-state index contributed by atoms with van der Waals surface area (Å²) >= 11 is 0. The van der Waals surface area contributed by atoms with Crippen molar-refractivity contribution in [2.75, 3.05) is 0 Å². The highest BCUT2D eigenvalue weighted by Crippen LogP contribution is 2.34. The topological polar surface area (TPSA) is 18.5 Å². The van der Waals surface area contributed by atoms with Crippen molar-refractivity contribution in [3.63, 3.8) is 0 Å². The molecule has 0 amide bonds. The third-order valence-corrected chi connectivity index (χ3v) is 1.82. The Hall–Kier alpha value is -1.32. The van der Waals surface area contributed by atoms with Crippen LogP contribution >= 0.6 is 0 Å². The molecule has 1 aromatic carbocycles. The van der Waals surface area contributed by atoms with Gasteiger partial charge in [0, 0.05) is 12.1 Å². The SMILES string of the molecule is CC(C)(C)Oc1cc(F)c(F)cc1OC(C)(C)C. The number of benzene rings is 1. The Kier molecular flexibility index (Phi) is 3.89. The van der Waals surface area contributed by atoms with E-state index >= 15 is 0 Å². The van der Waals surface area contributed by atoms with Gasteiger partial charge in [0.15, 0.2) is 23.1 Å². The molecule has 102 valence electrons. The van der Waals surface area contributed by atoms with Gasteiger partial charge in [-0.05, 0) is 41.5 Å². The maximum atomic E-state index is 13.3. The minimum atomic E-state index is -0.949. The lowest BCUT2D eigenvalue weighted by molar-refractivity contribution is 0.0945. The molecule has 0 aliphatic rings. The molecule has 0 aromatic heterocycles. The van der Waals surface area contributed by atoms with Gasteiger partial charge in [-0.3, -0.25) is 0 Å². The number of hydrogen-bond donors (Lipinski definition) is 0. The predicted molar refractivity (Wildman–Crippen MR) is 67.1 cm³/mol. The number of hydrogen-bond acceptors (Lipinski definition) is 2. The Balaban J connectivity index is 3.17. The lowest BCUT2D eigenvalue weighted by Crippen LogP contribution is -2.26. The van der Waals surface area contributed by atoms with E-state index in [1.54, 1.807) is 0 Å². The minimum absolute atomic E-state index is 0.205. The summed E-state index contributed by atoms with van der Waals surface area (Å²) in [6.45, 7) is 11.0. The van der Waals surface area contributed by atoms with Crippen LogP contribution in [-0.4, -0.2) is 11.2 Å². The monoisotopic (exact) mass is 258 g/mol. The summed E-state index contributed by atoms with van der Waals surface area (Å²) in [4.78, 5) is 0. The molecule has 1 rings (SSSR count). The van der Waals surface area contributed by atoms with Crippen molar-refractivity contribution in [1.29, 1.82) is 0 Å². The van der Waals surface area contributed by atoms with Crippen molar-refractivity contribution in [3.8, 4) is 11.5 Å². The first-order valence-corrected chi connectivity index (χ1v) is 5.85. The Labute approximate surface area is 107 Å². The molecular formula is C14H20F2O2. The number of halogens is 2. The molecule has 1 aromatic rings. The van der Waals surface area contributed by atoms with E-state index in [9.17, 15) is 8.78 Å². The van der Waals surface area contributed by atoms with Crippen molar-refractivity contribution in [3.05, 3.63) is 23.8 Å². The Bertz CT molecular complexity index is 388. The molecule has 0 saturated heterocycles. The molecule has 4 heteroatoms. The largest absolute Gasteiger partial charge is 0.484 e. The summed E-state index contributed by atoms with van der Waals surface area (Å²) in [5.41, 5.74) is -1.03. The highest BCUT2D eigenvalue weighted by atomic mass is 19.2. The molecule has 0 unspecified atom stereocenters. The van der Waals surface area contributed by atoms with Gasteiger partial charge in [0.25, 0.3) is 0 Å². The van der Waals surface area contributed by atoms with E-state index in [1.165, 1.54) is 0 Å². The van der Waals surface area contributed by atoms with Crippen LogP contribution in [0.2, 0.25) is 0 Å². The fraction of sp³-hybridized carbons (Fsp3) is 0.571. The molecule has 0 heterocycles. The Morgan fingerprint density at radius 3 is 1.22 bits per heavy atom. The molecule has 0 aliphatic carbocycles. The quantitative estimate of drug-likeness (QED) is 0.786. The van der Waals surface area contributed by atoms with E-state index in [1.807, 2.05) is 41.5 Å². The summed E-state index contributed by atoms with van der Waals surface area (Å²) in [7, 11) is 0. The maximum Gasteiger partial charge on any atom is 0.165 e. The van der Waals surface area contributed by atoms with Crippen LogP contribution in [0, 0.1) is 11.6 Å². The van der Waals surface area contributed by atoms with Crippen LogP contribution in [0.1, 0.15) is 41.5 Å². The second-order valence-electron chi connectivity index (χ2n) is 6.14. The highest BCUT2D eigenvalue weighted by molar-refractivity contribution is 5.41. The van der Waals surface area contributed by atoms with E-state index in [4.69, 9.17) is 9.47 Å². The normalized spacial score (nSPS) is 12.4. The molecule has 0 saturated carbocycles. The second-order valence-corrected chi connectivity index (χ2v) is 6.14. The van der Waals surface area contributed by atoms with Crippen molar-refractivity contribution in [1.82, 2.24) is 0 Å². The zero-order valence-electron chi connectivity index (χ0n) is 11.7. The van der Waals surface area contributed by atoms with Gasteiger partial charge in [-0.15, -0.1) is 0 Å². The minimum Gasteiger partial charge on any atom is -0.484 e. The molecule has 0 N–H and O–H groups in total. The van der Waals surface area contributed by atoms with Gasteiger partial charge < -0.3 is 9.47 Å². The van der Waals surface area contributed by atoms with Crippen molar-refractivity contribution >= 4 is 0 Å². The van der Waals surface area contributed by atoms with Gasteiger partial charge in [-0.1, -0.05) is 0 Å². The van der Waals surface area contributed by atoms with Gasteiger partial charge >= 0.3 is 0 Å². The van der Waals surface area contributed by atoms with Crippen molar-refractivity contribution in [2.24, 2.45) is 0 Å². The van der Waals surface area contributed by atoms with Gasteiger partial charge in [0.05, 0.1) is 0 Å². The van der Waals surface area contributed by atoms with Crippen LogP contribution in [0.4, 0.5) is 8.78 Å². The van der Waals surface area contributed by atoms with Gasteiger partial charge in [-0.25, -0.2) is 8.78 Å². The van der Waals surface area contributed by atoms with E-state index in [0.29, 0.717) is 0 Å². The summed E-state index contributed by atoms with van der Waals surface area (Å²) in [6, 6.07) is 2.03. The first-order valence-electron chi connectivity index (χ1n) is 5.85. The van der Waals surface area contributed by atoms with Gasteiger partial charge in [0.2, 0.25) is 0 Å². The fourth-order valence-electron chi connectivity index (χ4n) is 1.33. The molecule has 0 radical (unpaired) electrons. The summed E-state index contributed by atoms with van der Waals surface area (Å²) < 4.78 is 37.7. The lowest BCUT2D eigenvalue weighted by Gasteiger charge is -2.27. The van der Waals surface area contributed by atoms with Crippen LogP contribution in [0.25, 0.3) is 0 Å². The summed E-state index contributed by atoms with van der Waals surface area (Å²) in [6.07, 6.45) is 0. The molecule has 18 heavy (non-hydrogen) atoms. The van der Waals surface area contributed by atoms with Crippen LogP contribution in [-0.2, 0) is 0 Å². The standard InChI is InChI=1S/C14H20F2O2/c1-13(2,3)17-11-7-9(15)10(16)8-12(11)18-14(4,5)6/h7-8H,1-6H3.